The van der Waals surface area contributed by atoms with Crippen LogP contribution in [0, 0.1) is 0 Å². The van der Waals surface area contributed by atoms with E-state index in [1.165, 1.54) is 44.9 Å². The maximum Gasteiger partial charge on any atom is 0.0466 e. The smallest absolute Gasteiger partial charge is 0.0466 e. The van der Waals surface area contributed by atoms with E-state index >= 15 is 0 Å². The molecule has 0 atom stereocenters. The van der Waals surface area contributed by atoms with Gasteiger partial charge < -0.3 is 4.74 Å². The van der Waals surface area contributed by atoms with Crippen molar-refractivity contribution in [3.05, 3.63) is 0 Å². The van der Waals surface area contributed by atoms with Crippen molar-refractivity contribution in [2.24, 2.45) is 0 Å². The van der Waals surface area contributed by atoms with Crippen LogP contribution in [0.3, 0.4) is 0 Å². The van der Waals surface area contributed by atoms with Crippen molar-refractivity contribution in [3.8, 4) is 0 Å². The molecule has 80 valence electrons. The van der Waals surface area contributed by atoms with Gasteiger partial charge in [-0.1, -0.05) is 32.6 Å². The molecule has 0 unspecified atom stereocenters. The summed E-state index contributed by atoms with van der Waals surface area (Å²) in [4.78, 5) is 0. The van der Waals surface area contributed by atoms with Crippen LogP contribution in [0.25, 0.3) is 0 Å². The molecule has 0 bridgehead atoms. The fourth-order valence-corrected chi connectivity index (χ4v) is 1.45. The standard InChI is InChI=1S/C11H24OS/c1-2-3-4-6-9-12-10-7-5-8-11-13/h13H,2-11H2,1H3. The average Bonchev–Trinajstić information content (AvgIpc) is 2.16. The molecule has 0 aliphatic carbocycles. The first kappa shape index (κ1) is 13.3. The molecule has 0 radical (unpaired) electrons. The quantitative estimate of drug-likeness (QED) is 0.422. The maximum atomic E-state index is 5.50. The summed E-state index contributed by atoms with van der Waals surface area (Å²) in [6.07, 6.45) is 8.91. The summed E-state index contributed by atoms with van der Waals surface area (Å²) in [6, 6.07) is 0. The monoisotopic (exact) mass is 204 g/mol. The minimum atomic E-state index is 0.944. The fourth-order valence-electron chi connectivity index (χ4n) is 1.23. The number of hydrogen-bond donors (Lipinski definition) is 1. The number of rotatable bonds is 10. The molecule has 0 rings (SSSR count). The van der Waals surface area contributed by atoms with Gasteiger partial charge in [-0.15, -0.1) is 0 Å². The van der Waals surface area contributed by atoms with Crippen molar-refractivity contribution in [2.75, 3.05) is 19.0 Å². The molecular formula is C11H24OS. The van der Waals surface area contributed by atoms with Gasteiger partial charge in [0.2, 0.25) is 0 Å². The molecule has 0 amide bonds. The van der Waals surface area contributed by atoms with Crippen molar-refractivity contribution in [3.63, 3.8) is 0 Å². The van der Waals surface area contributed by atoms with Crippen LogP contribution in [0.5, 0.6) is 0 Å². The molecule has 0 N–H and O–H groups in total. The molecule has 0 spiro atoms. The lowest BCUT2D eigenvalue weighted by Crippen LogP contribution is -1.97. The Balaban J connectivity index is 2.76. The van der Waals surface area contributed by atoms with Crippen LogP contribution >= 0.6 is 12.6 Å². The van der Waals surface area contributed by atoms with Crippen LogP contribution in [-0.2, 0) is 4.74 Å². The van der Waals surface area contributed by atoms with Crippen LogP contribution in [0.4, 0.5) is 0 Å². The Morgan fingerprint density at radius 1 is 0.846 bits per heavy atom. The molecule has 0 fully saturated rings. The normalized spacial score (nSPS) is 10.6. The van der Waals surface area contributed by atoms with Crippen molar-refractivity contribution in [1.82, 2.24) is 0 Å². The molecule has 13 heavy (non-hydrogen) atoms. The van der Waals surface area contributed by atoms with E-state index in [9.17, 15) is 0 Å². The van der Waals surface area contributed by atoms with Gasteiger partial charge in [-0.3, -0.25) is 0 Å². The van der Waals surface area contributed by atoms with Crippen LogP contribution in [0.2, 0.25) is 0 Å². The third-order valence-electron chi connectivity index (χ3n) is 2.09. The van der Waals surface area contributed by atoms with Gasteiger partial charge in [-0.05, 0) is 25.0 Å². The summed E-state index contributed by atoms with van der Waals surface area (Å²) < 4.78 is 5.50. The highest BCUT2D eigenvalue weighted by molar-refractivity contribution is 7.80. The highest BCUT2D eigenvalue weighted by atomic mass is 32.1. The number of thiol groups is 1. The first-order valence-electron chi connectivity index (χ1n) is 5.60. The predicted octanol–water partition coefficient (Wildman–Crippen LogP) is 3.68. The van der Waals surface area contributed by atoms with Crippen molar-refractivity contribution >= 4 is 12.6 Å². The number of hydrogen-bond acceptors (Lipinski definition) is 2. The van der Waals surface area contributed by atoms with E-state index in [-0.39, 0.29) is 0 Å². The van der Waals surface area contributed by atoms with Crippen LogP contribution < -0.4 is 0 Å². The van der Waals surface area contributed by atoms with E-state index in [0.29, 0.717) is 0 Å². The van der Waals surface area contributed by atoms with Gasteiger partial charge in [-0.25, -0.2) is 0 Å². The van der Waals surface area contributed by atoms with Gasteiger partial charge in [0.1, 0.15) is 0 Å². The van der Waals surface area contributed by atoms with Crippen molar-refractivity contribution < 1.29 is 4.74 Å². The maximum absolute atomic E-state index is 5.50. The lowest BCUT2D eigenvalue weighted by Gasteiger charge is -2.03. The highest BCUT2D eigenvalue weighted by Gasteiger charge is 1.90. The second kappa shape index (κ2) is 12.3. The average molecular weight is 204 g/mol. The van der Waals surface area contributed by atoms with Gasteiger partial charge in [0.25, 0.3) is 0 Å². The van der Waals surface area contributed by atoms with Gasteiger partial charge in [0.05, 0.1) is 0 Å². The third kappa shape index (κ3) is 12.3. The Labute approximate surface area is 88.7 Å². The zero-order valence-electron chi connectivity index (χ0n) is 8.93. The van der Waals surface area contributed by atoms with E-state index < -0.39 is 0 Å². The van der Waals surface area contributed by atoms with Crippen molar-refractivity contribution in [2.45, 2.75) is 51.9 Å². The zero-order chi connectivity index (χ0) is 9.78. The van der Waals surface area contributed by atoms with Crippen LogP contribution in [-0.4, -0.2) is 19.0 Å². The highest BCUT2D eigenvalue weighted by Crippen LogP contribution is 2.01. The molecule has 0 aromatic rings. The molecule has 0 saturated heterocycles. The van der Waals surface area contributed by atoms with E-state index in [4.69, 9.17) is 4.74 Å². The molecule has 0 saturated carbocycles. The molecule has 0 aliphatic rings. The summed E-state index contributed by atoms with van der Waals surface area (Å²) in [7, 11) is 0. The SMILES string of the molecule is CCCCCCOCCCCCS. The molecule has 0 aliphatic heterocycles. The summed E-state index contributed by atoms with van der Waals surface area (Å²) in [6.45, 7) is 4.14. The van der Waals surface area contributed by atoms with Gasteiger partial charge in [0.15, 0.2) is 0 Å². The lowest BCUT2D eigenvalue weighted by atomic mass is 10.2. The minimum Gasteiger partial charge on any atom is -0.381 e. The first-order chi connectivity index (χ1) is 6.41. The molecule has 0 aromatic carbocycles. The first-order valence-corrected chi connectivity index (χ1v) is 6.23. The van der Waals surface area contributed by atoms with Crippen LogP contribution in [0.15, 0.2) is 0 Å². The molecule has 0 heterocycles. The Morgan fingerprint density at radius 3 is 2.00 bits per heavy atom. The van der Waals surface area contributed by atoms with Gasteiger partial charge in [-0.2, -0.15) is 12.6 Å². The number of ether oxygens (including phenoxy) is 1. The zero-order valence-corrected chi connectivity index (χ0v) is 9.82. The molecule has 2 heteroatoms. The summed E-state index contributed by atoms with van der Waals surface area (Å²) in [5.74, 6) is 1.01. The molecule has 0 aromatic heterocycles. The Bertz CT molecular complexity index is 76.2. The largest absolute Gasteiger partial charge is 0.381 e. The summed E-state index contributed by atoms with van der Waals surface area (Å²) >= 11 is 4.16. The van der Waals surface area contributed by atoms with E-state index in [1.807, 2.05) is 0 Å². The lowest BCUT2D eigenvalue weighted by molar-refractivity contribution is 0.126. The number of unbranched alkanes of at least 4 members (excludes halogenated alkanes) is 5. The third-order valence-corrected chi connectivity index (χ3v) is 2.41. The minimum absolute atomic E-state index is 0.944. The van der Waals surface area contributed by atoms with Gasteiger partial charge >= 0.3 is 0 Å². The van der Waals surface area contributed by atoms with Crippen molar-refractivity contribution in [1.29, 1.82) is 0 Å². The van der Waals surface area contributed by atoms with Gasteiger partial charge in [0, 0.05) is 13.2 Å². The summed E-state index contributed by atoms with van der Waals surface area (Å²) in [5.41, 5.74) is 0. The second-order valence-corrected chi connectivity index (χ2v) is 3.90. The van der Waals surface area contributed by atoms with E-state index in [1.54, 1.807) is 0 Å². The Hall–Kier alpha value is 0.310. The topological polar surface area (TPSA) is 9.23 Å². The Kier molecular flexibility index (Phi) is 12.6. The fraction of sp³-hybridized carbons (Fsp3) is 1.00. The molecule has 1 nitrogen and oxygen atoms in total. The predicted molar refractivity (Wildman–Crippen MR) is 62.7 cm³/mol. The van der Waals surface area contributed by atoms with E-state index in [2.05, 4.69) is 19.6 Å². The second-order valence-electron chi connectivity index (χ2n) is 3.46. The molecular weight excluding hydrogens is 180 g/mol. The van der Waals surface area contributed by atoms with Crippen LogP contribution in [0.1, 0.15) is 51.9 Å². The Morgan fingerprint density at radius 2 is 1.46 bits per heavy atom. The van der Waals surface area contributed by atoms with E-state index in [0.717, 1.165) is 19.0 Å². The summed E-state index contributed by atoms with van der Waals surface area (Å²) in [5, 5.41) is 0.